The van der Waals surface area contributed by atoms with Crippen LogP contribution in [0, 0.1) is 10.1 Å². The zero-order valence-corrected chi connectivity index (χ0v) is 17.8. The highest BCUT2D eigenvalue weighted by Gasteiger charge is 2.23. The number of carbonyl (C=O) groups is 1. The van der Waals surface area contributed by atoms with Crippen LogP contribution in [0.2, 0.25) is 0 Å². The van der Waals surface area contributed by atoms with Gasteiger partial charge in [-0.3, -0.25) is 14.9 Å². The van der Waals surface area contributed by atoms with E-state index in [1.807, 2.05) is 24.3 Å². The summed E-state index contributed by atoms with van der Waals surface area (Å²) in [6, 6.07) is 11.7. The summed E-state index contributed by atoms with van der Waals surface area (Å²) in [7, 11) is 1.36. The Hall–Kier alpha value is -2.45. The number of carbonyl (C=O) groups excluding carboxylic acids is 1. The molecule has 0 aromatic heterocycles. The third-order valence-electron chi connectivity index (χ3n) is 4.52. The smallest absolute Gasteiger partial charge is 0.311 e. The van der Waals surface area contributed by atoms with Gasteiger partial charge in [0, 0.05) is 34.9 Å². The molecule has 0 aliphatic heterocycles. The zero-order chi connectivity index (χ0) is 20.7. The molecule has 0 fully saturated rings. The van der Waals surface area contributed by atoms with Crippen molar-refractivity contribution in [1.82, 2.24) is 4.90 Å². The molecule has 0 N–H and O–H groups in total. The molecule has 8 heteroatoms. The number of nitro benzene ring substituents is 1. The van der Waals surface area contributed by atoms with Crippen LogP contribution in [0.4, 0.5) is 11.4 Å². The van der Waals surface area contributed by atoms with Gasteiger partial charge in [0.2, 0.25) is 0 Å². The van der Waals surface area contributed by atoms with Crippen molar-refractivity contribution in [2.24, 2.45) is 0 Å². The average Bonchev–Trinajstić information content (AvgIpc) is 2.70. The van der Waals surface area contributed by atoms with Crippen molar-refractivity contribution in [3.63, 3.8) is 0 Å². The van der Waals surface area contributed by atoms with Gasteiger partial charge in [0.25, 0.3) is 5.91 Å². The minimum Gasteiger partial charge on any atom is -0.490 e. The molecule has 1 amide bonds. The van der Waals surface area contributed by atoms with E-state index in [0.29, 0.717) is 13.1 Å². The molecule has 0 saturated carbocycles. The molecule has 0 saturated heterocycles. The van der Waals surface area contributed by atoms with E-state index >= 15 is 0 Å². The second-order valence-electron chi connectivity index (χ2n) is 6.11. The van der Waals surface area contributed by atoms with Gasteiger partial charge in [0.05, 0.1) is 12.0 Å². The van der Waals surface area contributed by atoms with Gasteiger partial charge < -0.3 is 14.5 Å². The van der Waals surface area contributed by atoms with Gasteiger partial charge in [-0.05, 0) is 43.4 Å². The molecule has 0 atom stereocenters. The van der Waals surface area contributed by atoms with Crippen LogP contribution >= 0.6 is 15.9 Å². The summed E-state index contributed by atoms with van der Waals surface area (Å²) < 4.78 is 5.88. The third kappa shape index (κ3) is 5.30. The topological polar surface area (TPSA) is 75.9 Å². The summed E-state index contributed by atoms with van der Waals surface area (Å²) in [4.78, 5) is 27.9. The summed E-state index contributed by atoms with van der Waals surface area (Å²) in [5, 5.41) is 11.3. The Morgan fingerprint density at radius 3 is 2.43 bits per heavy atom. The summed E-state index contributed by atoms with van der Waals surface area (Å²) in [6.07, 6.45) is 0. The van der Waals surface area contributed by atoms with Gasteiger partial charge in [0.15, 0.2) is 5.75 Å². The minimum absolute atomic E-state index is 0.124. The van der Waals surface area contributed by atoms with E-state index in [2.05, 4.69) is 34.7 Å². The van der Waals surface area contributed by atoms with Gasteiger partial charge in [-0.15, -0.1) is 0 Å². The molecule has 2 aromatic rings. The van der Waals surface area contributed by atoms with E-state index in [-0.39, 0.29) is 22.9 Å². The first-order valence-electron chi connectivity index (χ1n) is 9.03. The minimum atomic E-state index is -0.547. The maximum absolute atomic E-state index is 13.2. The van der Waals surface area contributed by atoms with Crippen LogP contribution in [0.25, 0.3) is 0 Å². The number of ether oxygens (including phenoxy) is 1. The van der Waals surface area contributed by atoms with Crippen molar-refractivity contribution in [1.29, 1.82) is 0 Å². The molecule has 0 bridgehead atoms. The molecule has 0 heterocycles. The molecule has 2 aromatic carbocycles. The van der Waals surface area contributed by atoms with Crippen LogP contribution in [0.1, 0.15) is 24.2 Å². The van der Waals surface area contributed by atoms with Crippen molar-refractivity contribution in [3.05, 3.63) is 62.6 Å². The van der Waals surface area contributed by atoms with Gasteiger partial charge in [-0.1, -0.05) is 35.8 Å². The zero-order valence-electron chi connectivity index (χ0n) is 16.2. The Morgan fingerprint density at radius 2 is 1.86 bits per heavy atom. The van der Waals surface area contributed by atoms with Gasteiger partial charge in [-0.25, -0.2) is 0 Å². The lowest BCUT2D eigenvalue weighted by atomic mass is 10.1. The number of likely N-dealkylation sites (N-methyl/N-ethyl adjacent to an activating group) is 1. The maximum atomic E-state index is 13.2. The quantitative estimate of drug-likeness (QED) is 0.419. The van der Waals surface area contributed by atoms with E-state index in [1.54, 1.807) is 11.0 Å². The molecule has 0 spiro atoms. The van der Waals surface area contributed by atoms with Crippen LogP contribution in [0.3, 0.4) is 0 Å². The lowest BCUT2D eigenvalue weighted by Gasteiger charge is -2.27. The molecule has 0 aliphatic carbocycles. The molecular formula is C20H24BrN3O4. The van der Waals surface area contributed by atoms with Crippen molar-refractivity contribution >= 4 is 33.2 Å². The highest BCUT2D eigenvalue weighted by molar-refractivity contribution is 9.10. The highest BCUT2D eigenvalue weighted by atomic mass is 79.9. The fourth-order valence-corrected chi connectivity index (χ4v) is 3.28. The summed E-state index contributed by atoms with van der Waals surface area (Å²) >= 11 is 3.44. The predicted molar refractivity (Wildman–Crippen MR) is 113 cm³/mol. The molecule has 28 heavy (non-hydrogen) atoms. The fraction of sp³-hybridized carbons (Fsp3) is 0.350. The van der Waals surface area contributed by atoms with Crippen LogP contribution < -0.4 is 9.64 Å². The Morgan fingerprint density at radius 1 is 1.14 bits per heavy atom. The number of benzene rings is 2. The second-order valence-corrected chi connectivity index (χ2v) is 7.02. The van der Waals surface area contributed by atoms with Gasteiger partial charge in [0.1, 0.15) is 0 Å². The van der Waals surface area contributed by atoms with Crippen molar-refractivity contribution in [2.75, 3.05) is 38.2 Å². The number of halogens is 1. The first kappa shape index (κ1) is 21.8. The average molecular weight is 450 g/mol. The highest BCUT2D eigenvalue weighted by Crippen LogP contribution is 2.29. The summed E-state index contributed by atoms with van der Waals surface area (Å²) in [6.45, 7) is 7.07. The Labute approximate surface area is 173 Å². The first-order chi connectivity index (χ1) is 13.4. The van der Waals surface area contributed by atoms with E-state index in [9.17, 15) is 14.9 Å². The SMILES string of the molecule is CCN(CC)CCN(C(=O)c1ccc(OC)c([N+](=O)[O-])c1)c1cccc(Br)c1. The van der Waals surface area contributed by atoms with Crippen LogP contribution in [-0.2, 0) is 0 Å². The summed E-state index contributed by atoms with van der Waals surface area (Å²) in [5.41, 5.74) is 0.739. The van der Waals surface area contributed by atoms with E-state index < -0.39 is 4.92 Å². The number of methoxy groups -OCH3 is 1. The van der Waals surface area contributed by atoms with Crippen molar-refractivity contribution in [3.8, 4) is 5.75 Å². The molecule has 2 rings (SSSR count). The molecular weight excluding hydrogens is 426 g/mol. The van der Waals surface area contributed by atoms with E-state index in [1.165, 1.54) is 19.2 Å². The third-order valence-corrected chi connectivity index (χ3v) is 5.02. The van der Waals surface area contributed by atoms with Crippen LogP contribution in [0.15, 0.2) is 46.9 Å². The Kier molecular flexibility index (Phi) is 7.95. The molecule has 0 radical (unpaired) electrons. The maximum Gasteiger partial charge on any atom is 0.311 e. The number of hydrogen-bond donors (Lipinski definition) is 0. The molecule has 150 valence electrons. The number of hydrogen-bond acceptors (Lipinski definition) is 5. The largest absolute Gasteiger partial charge is 0.490 e. The van der Waals surface area contributed by atoms with E-state index in [0.717, 1.165) is 23.2 Å². The summed E-state index contributed by atoms with van der Waals surface area (Å²) in [5.74, 6) is -0.172. The second kappa shape index (κ2) is 10.2. The monoisotopic (exact) mass is 449 g/mol. The lowest BCUT2D eigenvalue weighted by molar-refractivity contribution is -0.385. The molecule has 7 nitrogen and oxygen atoms in total. The van der Waals surface area contributed by atoms with Gasteiger partial charge >= 0.3 is 5.69 Å². The van der Waals surface area contributed by atoms with Gasteiger partial charge in [-0.2, -0.15) is 0 Å². The van der Waals surface area contributed by atoms with Crippen molar-refractivity contribution < 1.29 is 14.5 Å². The standard InChI is InChI=1S/C20H24BrN3O4/c1-4-22(5-2)11-12-23(17-8-6-7-16(21)14-17)20(25)15-9-10-19(28-3)18(13-15)24(26)27/h6-10,13-14H,4-5,11-12H2,1-3H3. The lowest BCUT2D eigenvalue weighted by Crippen LogP contribution is -2.39. The van der Waals surface area contributed by atoms with Crippen molar-refractivity contribution in [2.45, 2.75) is 13.8 Å². The fourth-order valence-electron chi connectivity index (χ4n) is 2.89. The Balaban J connectivity index is 2.40. The number of nitro groups is 1. The predicted octanol–water partition coefficient (Wildman–Crippen LogP) is 4.35. The number of rotatable bonds is 9. The number of anilines is 1. The van der Waals surface area contributed by atoms with Crippen LogP contribution in [-0.4, -0.2) is 49.0 Å². The normalized spacial score (nSPS) is 10.8. The van der Waals surface area contributed by atoms with E-state index in [4.69, 9.17) is 4.74 Å². The Bertz CT molecular complexity index is 840. The number of nitrogens with zero attached hydrogens (tertiary/aromatic N) is 3. The number of amides is 1. The molecule has 0 unspecified atom stereocenters. The molecule has 0 aliphatic rings. The first-order valence-corrected chi connectivity index (χ1v) is 9.82. The van der Waals surface area contributed by atoms with Crippen LogP contribution in [0.5, 0.6) is 5.75 Å².